The number of carbonyl (C=O) groups is 1. The quantitative estimate of drug-likeness (QED) is 0.866. The molecule has 4 nitrogen and oxygen atoms in total. The number of nitrogens with one attached hydrogen (secondary N) is 2. The second-order valence-electron chi connectivity index (χ2n) is 5.66. The highest BCUT2D eigenvalue weighted by Crippen LogP contribution is 2.23. The van der Waals surface area contributed by atoms with Crippen LogP contribution in [0.3, 0.4) is 0 Å². The summed E-state index contributed by atoms with van der Waals surface area (Å²) in [5.74, 6) is 0.0104. The number of benzene rings is 1. The SMILES string of the molecule is Cc1[nH]cnc1-c1ccc(NC(=O)C(C)(C)C)cc1. The van der Waals surface area contributed by atoms with Crippen molar-refractivity contribution in [2.24, 2.45) is 5.41 Å². The summed E-state index contributed by atoms with van der Waals surface area (Å²) in [6.07, 6.45) is 1.68. The maximum Gasteiger partial charge on any atom is 0.229 e. The van der Waals surface area contributed by atoms with Gasteiger partial charge in [-0.1, -0.05) is 32.9 Å². The molecule has 0 aliphatic carbocycles. The van der Waals surface area contributed by atoms with Crippen molar-refractivity contribution in [1.29, 1.82) is 0 Å². The van der Waals surface area contributed by atoms with E-state index < -0.39 is 5.41 Å². The molecule has 0 unspecified atom stereocenters. The van der Waals surface area contributed by atoms with Crippen molar-refractivity contribution in [3.63, 3.8) is 0 Å². The highest BCUT2D eigenvalue weighted by Gasteiger charge is 2.21. The number of anilines is 1. The molecule has 0 aliphatic rings. The molecule has 1 heterocycles. The summed E-state index contributed by atoms with van der Waals surface area (Å²) >= 11 is 0. The Hall–Kier alpha value is -2.10. The van der Waals surface area contributed by atoms with Crippen LogP contribution < -0.4 is 5.32 Å². The molecule has 1 aromatic carbocycles. The number of rotatable bonds is 2. The summed E-state index contributed by atoms with van der Waals surface area (Å²) < 4.78 is 0. The van der Waals surface area contributed by atoms with Crippen molar-refractivity contribution < 1.29 is 4.79 Å². The van der Waals surface area contributed by atoms with E-state index in [1.807, 2.05) is 52.0 Å². The lowest BCUT2D eigenvalue weighted by Crippen LogP contribution is -2.27. The number of aromatic nitrogens is 2. The van der Waals surface area contributed by atoms with Gasteiger partial charge in [-0.3, -0.25) is 4.79 Å². The number of imidazole rings is 1. The standard InChI is InChI=1S/C15H19N3O/c1-10-13(17-9-16-10)11-5-7-12(8-6-11)18-14(19)15(2,3)4/h5-9H,1-4H3,(H,16,17)(H,18,19). The molecule has 1 aromatic heterocycles. The fourth-order valence-electron chi connectivity index (χ4n) is 1.68. The van der Waals surface area contributed by atoms with Crippen LogP contribution in [-0.4, -0.2) is 15.9 Å². The van der Waals surface area contributed by atoms with E-state index in [1.54, 1.807) is 6.33 Å². The number of hydrogen-bond acceptors (Lipinski definition) is 2. The molecule has 0 saturated heterocycles. The Balaban J connectivity index is 2.16. The molecule has 19 heavy (non-hydrogen) atoms. The highest BCUT2D eigenvalue weighted by atomic mass is 16.2. The molecular weight excluding hydrogens is 238 g/mol. The van der Waals surface area contributed by atoms with Crippen molar-refractivity contribution in [2.45, 2.75) is 27.7 Å². The second-order valence-corrected chi connectivity index (χ2v) is 5.66. The lowest BCUT2D eigenvalue weighted by Gasteiger charge is -2.17. The van der Waals surface area contributed by atoms with Gasteiger partial charge in [0.05, 0.1) is 12.0 Å². The number of aromatic amines is 1. The summed E-state index contributed by atoms with van der Waals surface area (Å²) in [5.41, 5.74) is 3.42. The van der Waals surface area contributed by atoms with E-state index in [4.69, 9.17) is 0 Å². The molecule has 0 spiro atoms. The first-order valence-corrected chi connectivity index (χ1v) is 6.30. The van der Waals surface area contributed by atoms with Gasteiger partial charge in [-0.05, 0) is 19.1 Å². The van der Waals surface area contributed by atoms with E-state index >= 15 is 0 Å². The minimum absolute atomic E-state index is 0.0104. The van der Waals surface area contributed by atoms with Gasteiger partial charge in [0, 0.05) is 22.4 Å². The van der Waals surface area contributed by atoms with E-state index in [0.717, 1.165) is 22.6 Å². The monoisotopic (exact) mass is 257 g/mol. The molecule has 2 rings (SSSR count). The summed E-state index contributed by atoms with van der Waals surface area (Å²) in [7, 11) is 0. The molecule has 0 bridgehead atoms. The number of amides is 1. The van der Waals surface area contributed by atoms with E-state index in [1.165, 1.54) is 0 Å². The fourth-order valence-corrected chi connectivity index (χ4v) is 1.68. The lowest BCUT2D eigenvalue weighted by molar-refractivity contribution is -0.123. The van der Waals surface area contributed by atoms with Crippen LogP contribution in [0.25, 0.3) is 11.3 Å². The zero-order valence-electron chi connectivity index (χ0n) is 11.7. The molecule has 1 amide bonds. The predicted octanol–water partition coefficient (Wildman–Crippen LogP) is 3.37. The van der Waals surface area contributed by atoms with Gasteiger partial charge in [-0.25, -0.2) is 4.98 Å². The fraction of sp³-hybridized carbons (Fsp3) is 0.333. The molecule has 4 heteroatoms. The third-order valence-electron chi connectivity index (χ3n) is 2.93. The Bertz CT molecular complexity index is 576. The van der Waals surface area contributed by atoms with Crippen LogP contribution in [0.1, 0.15) is 26.5 Å². The van der Waals surface area contributed by atoms with Gasteiger partial charge in [-0.15, -0.1) is 0 Å². The molecule has 100 valence electrons. The van der Waals surface area contributed by atoms with Gasteiger partial charge in [0.1, 0.15) is 0 Å². The van der Waals surface area contributed by atoms with E-state index in [0.29, 0.717) is 0 Å². The summed E-state index contributed by atoms with van der Waals surface area (Å²) in [4.78, 5) is 19.2. The van der Waals surface area contributed by atoms with Gasteiger partial charge in [0.15, 0.2) is 0 Å². The molecule has 0 fully saturated rings. The molecule has 0 atom stereocenters. The number of carbonyl (C=O) groups excluding carboxylic acids is 1. The van der Waals surface area contributed by atoms with Gasteiger partial charge in [-0.2, -0.15) is 0 Å². The minimum Gasteiger partial charge on any atom is -0.348 e. The van der Waals surface area contributed by atoms with Crippen LogP contribution >= 0.6 is 0 Å². The molecule has 2 N–H and O–H groups in total. The smallest absolute Gasteiger partial charge is 0.229 e. The molecular formula is C15H19N3O. The second kappa shape index (κ2) is 4.88. The normalized spacial score (nSPS) is 11.4. The number of aryl methyl sites for hydroxylation is 1. The van der Waals surface area contributed by atoms with Crippen LogP contribution in [0.5, 0.6) is 0 Å². The highest BCUT2D eigenvalue weighted by molar-refractivity contribution is 5.94. The Morgan fingerprint density at radius 2 is 1.84 bits per heavy atom. The first-order valence-electron chi connectivity index (χ1n) is 6.30. The van der Waals surface area contributed by atoms with E-state index in [9.17, 15) is 4.79 Å². The summed E-state index contributed by atoms with van der Waals surface area (Å²) in [6, 6.07) is 7.71. The first-order chi connectivity index (χ1) is 8.88. The Morgan fingerprint density at radius 1 is 1.21 bits per heavy atom. The molecule has 0 saturated carbocycles. The summed E-state index contributed by atoms with van der Waals surface area (Å²) in [6.45, 7) is 7.66. The Kier molecular flexibility index (Phi) is 3.42. The van der Waals surface area contributed by atoms with Crippen molar-refractivity contribution in [3.8, 4) is 11.3 Å². The van der Waals surface area contributed by atoms with Crippen molar-refractivity contribution >= 4 is 11.6 Å². The zero-order chi connectivity index (χ0) is 14.0. The van der Waals surface area contributed by atoms with E-state index in [2.05, 4.69) is 15.3 Å². The van der Waals surface area contributed by atoms with Crippen LogP contribution in [0.2, 0.25) is 0 Å². The third-order valence-corrected chi connectivity index (χ3v) is 2.93. The minimum atomic E-state index is -0.391. The third kappa shape index (κ3) is 3.02. The van der Waals surface area contributed by atoms with Gasteiger partial charge in [0.25, 0.3) is 0 Å². The van der Waals surface area contributed by atoms with Crippen molar-refractivity contribution in [1.82, 2.24) is 9.97 Å². The molecule has 2 aromatic rings. The summed E-state index contributed by atoms with van der Waals surface area (Å²) in [5, 5.41) is 2.90. The first kappa shape index (κ1) is 13.3. The number of hydrogen-bond donors (Lipinski definition) is 2. The van der Waals surface area contributed by atoms with Crippen LogP contribution in [0, 0.1) is 12.3 Å². The van der Waals surface area contributed by atoms with Crippen molar-refractivity contribution in [3.05, 3.63) is 36.3 Å². The van der Waals surface area contributed by atoms with Crippen LogP contribution in [-0.2, 0) is 4.79 Å². The van der Waals surface area contributed by atoms with Gasteiger partial charge in [0.2, 0.25) is 5.91 Å². The topological polar surface area (TPSA) is 57.8 Å². The largest absolute Gasteiger partial charge is 0.348 e. The maximum absolute atomic E-state index is 11.9. The van der Waals surface area contributed by atoms with Crippen molar-refractivity contribution in [2.75, 3.05) is 5.32 Å². The maximum atomic E-state index is 11.9. The van der Waals surface area contributed by atoms with Gasteiger partial charge < -0.3 is 10.3 Å². The number of H-pyrrole nitrogens is 1. The van der Waals surface area contributed by atoms with Crippen LogP contribution in [0.4, 0.5) is 5.69 Å². The Morgan fingerprint density at radius 3 is 2.32 bits per heavy atom. The lowest BCUT2D eigenvalue weighted by atomic mass is 9.95. The van der Waals surface area contributed by atoms with E-state index in [-0.39, 0.29) is 5.91 Å². The van der Waals surface area contributed by atoms with Gasteiger partial charge >= 0.3 is 0 Å². The average molecular weight is 257 g/mol. The zero-order valence-corrected chi connectivity index (χ0v) is 11.7. The number of nitrogens with zero attached hydrogens (tertiary/aromatic N) is 1. The average Bonchev–Trinajstić information content (AvgIpc) is 2.75. The van der Waals surface area contributed by atoms with Crippen LogP contribution in [0.15, 0.2) is 30.6 Å². The predicted molar refractivity (Wildman–Crippen MR) is 76.8 cm³/mol. The molecule has 0 aliphatic heterocycles. The Labute approximate surface area is 113 Å². The molecule has 0 radical (unpaired) electrons.